The summed E-state index contributed by atoms with van der Waals surface area (Å²) < 4.78 is 10.7. The molecule has 0 aliphatic heterocycles. The first-order valence-electron chi connectivity index (χ1n) is 9.45. The molecule has 0 bridgehead atoms. The van der Waals surface area contributed by atoms with Gasteiger partial charge in [0.05, 0.1) is 22.8 Å². The van der Waals surface area contributed by atoms with Crippen LogP contribution in [-0.2, 0) is 9.53 Å². The fourth-order valence-corrected chi connectivity index (χ4v) is 4.54. The maximum absolute atomic E-state index is 12.5. The van der Waals surface area contributed by atoms with E-state index in [0.717, 1.165) is 34.2 Å². The first-order chi connectivity index (χ1) is 14.8. The summed E-state index contributed by atoms with van der Waals surface area (Å²) in [5.41, 5.74) is 2.53. The number of aromatic nitrogens is 2. The van der Waals surface area contributed by atoms with E-state index in [-0.39, 0.29) is 39.8 Å². The van der Waals surface area contributed by atoms with Gasteiger partial charge in [0.15, 0.2) is 5.78 Å². The molecule has 0 saturated heterocycles. The molecule has 0 aliphatic rings. The molecule has 162 valence electrons. The summed E-state index contributed by atoms with van der Waals surface area (Å²) in [7, 11) is 0. The Morgan fingerprint density at radius 2 is 1.94 bits per heavy atom. The van der Waals surface area contributed by atoms with Gasteiger partial charge in [0, 0.05) is 5.56 Å². The van der Waals surface area contributed by atoms with Crippen LogP contribution in [-0.4, -0.2) is 40.2 Å². The van der Waals surface area contributed by atoms with Crippen LogP contribution in [0.15, 0.2) is 33.9 Å². The van der Waals surface area contributed by atoms with E-state index in [4.69, 9.17) is 9.15 Å². The molecule has 10 heteroatoms. The van der Waals surface area contributed by atoms with Gasteiger partial charge in [-0.15, -0.1) is 21.5 Å². The number of amides is 1. The summed E-state index contributed by atoms with van der Waals surface area (Å²) in [6.07, 6.45) is 0. The Kier molecular flexibility index (Phi) is 7.24. The molecule has 0 fully saturated rings. The van der Waals surface area contributed by atoms with Crippen LogP contribution < -0.4 is 5.32 Å². The minimum Gasteiger partial charge on any atom is -0.462 e. The zero-order valence-corrected chi connectivity index (χ0v) is 19.1. The van der Waals surface area contributed by atoms with Crippen molar-refractivity contribution in [3.63, 3.8) is 0 Å². The second-order valence-electron chi connectivity index (χ2n) is 6.56. The summed E-state index contributed by atoms with van der Waals surface area (Å²) in [4.78, 5) is 37.1. The van der Waals surface area contributed by atoms with Crippen LogP contribution in [0.2, 0.25) is 0 Å². The van der Waals surface area contributed by atoms with Gasteiger partial charge in [-0.2, -0.15) is 0 Å². The van der Waals surface area contributed by atoms with Crippen LogP contribution in [0.25, 0.3) is 11.5 Å². The highest BCUT2D eigenvalue weighted by Crippen LogP contribution is 2.34. The molecule has 0 saturated carbocycles. The third-order valence-electron chi connectivity index (χ3n) is 4.31. The lowest BCUT2D eigenvalue weighted by molar-refractivity contribution is -0.113. The number of Topliss-reactive ketones (excluding diaryl/α,β-unsaturated/α-hetero) is 1. The maximum Gasteiger partial charge on any atom is 0.341 e. The number of rotatable bonds is 8. The van der Waals surface area contributed by atoms with E-state index < -0.39 is 5.97 Å². The molecule has 1 aromatic carbocycles. The SMILES string of the molecule is CCOC(=O)c1c(NC(=O)CSc2nnc(-c3ccccc3C)o2)sc(C(C)=O)c1C. The monoisotopic (exact) mass is 459 g/mol. The van der Waals surface area contributed by atoms with Gasteiger partial charge in [0.25, 0.3) is 5.22 Å². The van der Waals surface area contributed by atoms with E-state index in [9.17, 15) is 14.4 Å². The van der Waals surface area contributed by atoms with Crippen LogP contribution in [0.1, 0.15) is 45.0 Å². The number of esters is 1. The van der Waals surface area contributed by atoms with Crippen molar-refractivity contribution in [2.24, 2.45) is 0 Å². The van der Waals surface area contributed by atoms with Crippen molar-refractivity contribution >= 4 is 45.8 Å². The van der Waals surface area contributed by atoms with Crippen LogP contribution in [0.4, 0.5) is 5.00 Å². The van der Waals surface area contributed by atoms with Gasteiger partial charge in [-0.05, 0) is 44.9 Å². The number of thioether (sulfide) groups is 1. The molecule has 8 nitrogen and oxygen atoms in total. The molecule has 1 N–H and O–H groups in total. The number of benzene rings is 1. The highest BCUT2D eigenvalue weighted by molar-refractivity contribution is 7.99. The Balaban J connectivity index is 1.70. The van der Waals surface area contributed by atoms with Crippen LogP contribution in [0.5, 0.6) is 0 Å². The molecule has 3 rings (SSSR count). The van der Waals surface area contributed by atoms with Crippen molar-refractivity contribution in [1.29, 1.82) is 0 Å². The number of thiophene rings is 1. The van der Waals surface area contributed by atoms with Gasteiger partial charge in [-0.1, -0.05) is 30.0 Å². The standard InChI is InChI=1S/C21H21N3O5S2/c1-5-28-20(27)16-12(3)17(13(4)25)31-19(16)22-15(26)10-30-21-24-23-18(29-21)14-9-7-6-8-11(14)2/h6-9H,5,10H2,1-4H3,(H,22,26). The molecular formula is C21H21N3O5S2. The van der Waals surface area contributed by atoms with Crippen molar-refractivity contribution < 1.29 is 23.5 Å². The summed E-state index contributed by atoms with van der Waals surface area (Å²) in [6.45, 7) is 6.90. The summed E-state index contributed by atoms with van der Waals surface area (Å²) in [5.74, 6) is -0.763. The zero-order chi connectivity index (χ0) is 22.5. The number of carbonyl (C=O) groups excluding carboxylic acids is 3. The van der Waals surface area contributed by atoms with E-state index in [1.807, 2.05) is 31.2 Å². The van der Waals surface area contributed by atoms with Crippen molar-refractivity contribution in [3.8, 4) is 11.5 Å². The van der Waals surface area contributed by atoms with Crippen molar-refractivity contribution in [2.75, 3.05) is 17.7 Å². The normalized spacial score (nSPS) is 10.7. The fourth-order valence-electron chi connectivity index (χ4n) is 2.87. The first kappa shape index (κ1) is 22.7. The van der Waals surface area contributed by atoms with E-state index in [1.165, 1.54) is 6.92 Å². The van der Waals surface area contributed by atoms with Gasteiger partial charge in [0.2, 0.25) is 11.8 Å². The molecule has 0 unspecified atom stereocenters. The van der Waals surface area contributed by atoms with E-state index in [2.05, 4.69) is 15.5 Å². The minimum absolute atomic E-state index is 0.00990. The van der Waals surface area contributed by atoms with Crippen LogP contribution in [0.3, 0.4) is 0 Å². The lowest BCUT2D eigenvalue weighted by atomic mass is 10.1. The smallest absolute Gasteiger partial charge is 0.341 e. The van der Waals surface area contributed by atoms with Crippen molar-refractivity contribution in [1.82, 2.24) is 10.2 Å². The van der Waals surface area contributed by atoms with Crippen molar-refractivity contribution in [3.05, 3.63) is 45.8 Å². The largest absolute Gasteiger partial charge is 0.462 e. The molecule has 31 heavy (non-hydrogen) atoms. The summed E-state index contributed by atoms with van der Waals surface area (Å²) in [6, 6.07) is 7.63. The number of nitrogens with one attached hydrogen (secondary N) is 1. The number of ether oxygens (including phenoxy) is 1. The molecule has 1 amide bonds. The maximum atomic E-state index is 12.5. The van der Waals surface area contributed by atoms with E-state index in [0.29, 0.717) is 16.3 Å². The van der Waals surface area contributed by atoms with Gasteiger partial charge < -0.3 is 14.5 Å². The molecule has 2 aromatic heterocycles. The number of carbonyl (C=O) groups is 3. The number of hydrogen-bond acceptors (Lipinski definition) is 9. The number of hydrogen-bond donors (Lipinski definition) is 1. The Morgan fingerprint density at radius 3 is 2.61 bits per heavy atom. The summed E-state index contributed by atoms with van der Waals surface area (Å²) in [5, 5.41) is 11.3. The highest BCUT2D eigenvalue weighted by atomic mass is 32.2. The van der Waals surface area contributed by atoms with Crippen molar-refractivity contribution in [2.45, 2.75) is 32.9 Å². The molecular weight excluding hydrogens is 438 g/mol. The predicted molar refractivity (Wildman–Crippen MR) is 119 cm³/mol. The average Bonchev–Trinajstić information content (AvgIpc) is 3.31. The minimum atomic E-state index is -0.577. The number of aryl methyl sites for hydroxylation is 1. The number of nitrogens with zero attached hydrogens (tertiary/aromatic N) is 2. The molecule has 0 spiro atoms. The van der Waals surface area contributed by atoms with Gasteiger partial charge in [0.1, 0.15) is 5.00 Å². The highest BCUT2D eigenvalue weighted by Gasteiger charge is 2.25. The van der Waals surface area contributed by atoms with Crippen LogP contribution in [0, 0.1) is 13.8 Å². The second kappa shape index (κ2) is 9.88. The topological polar surface area (TPSA) is 111 Å². The molecule has 0 aliphatic carbocycles. The Hall–Kier alpha value is -2.98. The Morgan fingerprint density at radius 1 is 1.19 bits per heavy atom. The summed E-state index contributed by atoms with van der Waals surface area (Å²) >= 11 is 2.14. The third-order valence-corrected chi connectivity index (χ3v) is 6.43. The van der Waals surface area contributed by atoms with Crippen LogP contribution >= 0.6 is 23.1 Å². The fraction of sp³-hybridized carbons (Fsp3) is 0.286. The lowest BCUT2D eigenvalue weighted by Gasteiger charge is -2.06. The molecule has 0 radical (unpaired) electrons. The predicted octanol–water partition coefficient (Wildman–Crippen LogP) is 4.53. The quantitative estimate of drug-likeness (QED) is 0.297. The molecule has 3 aromatic rings. The number of ketones is 1. The van der Waals surface area contributed by atoms with Gasteiger partial charge >= 0.3 is 5.97 Å². The average molecular weight is 460 g/mol. The van der Waals surface area contributed by atoms with Gasteiger partial charge in [-0.3, -0.25) is 9.59 Å². The molecule has 2 heterocycles. The zero-order valence-electron chi connectivity index (χ0n) is 17.5. The van der Waals surface area contributed by atoms with Gasteiger partial charge in [-0.25, -0.2) is 4.79 Å². The molecule has 0 atom stereocenters. The first-order valence-corrected chi connectivity index (χ1v) is 11.3. The second-order valence-corrected chi connectivity index (χ2v) is 8.51. The lowest BCUT2D eigenvalue weighted by Crippen LogP contribution is -2.16. The van der Waals surface area contributed by atoms with E-state index >= 15 is 0 Å². The number of anilines is 1. The Bertz CT molecular complexity index is 1140. The Labute approximate surface area is 187 Å². The van der Waals surface area contributed by atoms with E-state index in [1.54, 1.807) is 13.8 Å². The third kappa shape index (κ3) is 5.20.